The summed E-state index contributed by atoms with van der Waals surface area (Å²) in [5, 5.41) is 32.7. The third kappa shape index (κ3) is 8.31. The number of carboxylic acids is 2. The first-order chi connectivity index (χ1) is 23.7. The molecule has 12 nitrogen and oxygen atoms in total. The first kappa shape index (κ1) is 39.3. The van der Waals surface area contributed by atoms with E-state index in [-0.39, 0.29) is 67.3 Å². The molecule has 1 heterocycles. The molecule has 284 valence electrons. The Hall–Kier alpha value is -1.96. The van der Waals surface area contributed by atoms with Crippen molar-refractivity contribution in [1.82, 2.24) is 10.8 Å². The number of aliphatic hydroxyl groups is 1. The van der Waals surface area contributed by atoms with Crippen molar-refractivity contribution in [3.8, 4) is 0 Å². The number of hydrogen-bond donors (Lipinski definition) is 5. The lowest BCUT2D eigenvalue weighted by molar-refractivity contribution is -0.222. The molecule has 11 unspecified atom stereocenters. The van der Waals surface area contributed by atoms with Crippen molar-refractivity contribution in [3.05, 3.63) is 0 Å². The Morgan fingerprint density at radius 3 is 2.28 bits per heavy atom. The van der Waals surface area contributed by atoms with Gasteiger partial charge in [-0.1, -0.05) is 27.7 Å². The van der Waals surface area contributed by atoms with Crippen LogP contribution in [0.2, 0.25) is 0 Å². The standard InChI is InChI=1S/C38H62N2O10/c1-23(21-49-40-27(20-42)7-10-34(45)46)11-16-38(47)24(2)35-32(50-38)18-31-29-8-5-25-17-28(48-22-39-26(19-41)6-9-33(43)44)12-14-36(25,3)30(29)13-15-37(31,35)4/h19-20,23-32,35,39-40,47H,5-18,21-22H2,1-4H3,(H,43,44)(H,45,46)/t23?,24?,25?,26-,27-,28?,29?,30?,31?,32?,35?,36?,37?,38-/m1/s1. The molecule has 0 bridgehead atoms. The number of nitrogens with one attached hydrogen (secondary N) is 2. The van der Waals surface area contributed by atoms with Gasteiger partial charge < -0.3 is 39.2 Å². The number of carbonyl (C=O) groups excluding carboxylic acids is 2. The number of rotatable bonds is 19. The van der Waals surface area contributed by atoms with Crippen molar-refractivity contribution in [1.29, 1.82) is 0 Å². The summed E-state index contributed by atoms with van der Waals surface area (Å²) >= 11 is 0. The average molecular weight is 707 g/mol. The van der Waals surface area contributed by atoms with E-state index in [9.17, 15) is 24.3 Å². The number of aliphatic carboxylic acids is 2. The predicted molar refractivity (Wildman–Crippen MR) is 183 cm³/mol. The Bertz CT molecular complexity index is 1200. The van der Waals surface area contributed by atoms with Gasteiger partial charge in [-0.15, -0.1) is 0 Å². The van der Waals surface area contributed by atoms with Gasteiger partial charge in [0.1, 0.15) is 12.6 Å². The van der Waals surface area contributed by atoms with Crippen LogP contribution in [0.1, 0.15) is 118 Å². The minimum absolute atomic E-state index is 0.0248. The molecule has 1 saturated heterocycles. The number of hydroxylamine groups is 1. The van der Waals surface area contributed by atoms with E-state index in [1.807, 2.05) is 6.92 Å². The molecule has 14 atom stereocenters. The zero-order valence-corrected chi connectivity index (χ0v) is 30.5. The lowest BCUT2D eigenvalue weighted by Gasteiger charge is -2.61. The third-order valence-electron chi connectivity index (χ3n) is 14.2. The molecule has 4 saturated carbocycles. The van der Waals surface area contributed by atoms with Gasteiger partial charge in [0.15, 0.2) is 5.79 Å². The lowest BCUT2D eigenvalue weighted by atomic mass is 9.44. The second-order valence-corrected chi connectivity index (χ2v) is 17.1. The highest BCUT2D eigenvalue weighted by molar-refractivity contribution is 5.68. The SMILES string of the molecule is CC(CC[C@@]1(O)OC2CC3C4CCC5CC(OCN[C@@H](C=O)CCC(=O)O)CCC5(C)C4CCC3(C)C2C1C)CON[C@@H](C=O)CCC(=O)O. The summed E-state index contributed by atoms with van der Waals surface area (Å²) in [6.07, 6.45) is 12.1. The Kier molecular flexibility index (Phi) is 12.9. The molecule has 1 aliphatic heterocycles. The van der Waals surface area contributed by atoms with Crippen LogP contribution in [0.15, 0.2) is 0 Å². The normalized spacial score (nSPS) is 40.8. The minimum atomic E-state index is -1.17. The fraction of sp³-hybridized carbons (Fsp3) is 0.895. The number of carboxylic acid groups (broad SMARTS) is 2. The fourth-order valence-electron chi connectivity index (χ4n) is 11.4. The van der Waals surface area contributed by atoms with Gasteiger partial charge in [-0.25, -0.2) is 0 Å². The van der Waals surface area contributed by atoms with Crippen LogP contribution in [-0.2, 0) is 33.5 Å². The monoisotopic (exact) mass is 706 g/mol. The van der Waals surface area contributed by atoms with Crippen molar-refractivity contribution in [2.24, 2.45) is 52.3 Å². The van der Waals surface area contributed by atoms with E-state index in [1.165, 1.54) is 19.3 Å². The molecule has 0 amide bonds. The summed E-state index contributed by atoms with van der Waals surface area (Å²) in [7, 11) is 0. The third-order valence-corrected chi connectivity index (χ3v) is 14.2. The van der Waals surface area contributed by atoms with Gasteiger partial charge in [-0.2, -0.15) is 5.48 Å². The van der Waals surface area contributed by atoms with Crippen molar-refractivity contribution >= 4 is 24.5 Å². The summed E-state index contributed by atoms with van der Waals surface area (Å²) in [5.41, 5.74) is 3.10. The summed E-state index contributed by atoms with van der Waals surface area (Å²) in [6.45, 7) is 9.84. The highest BCUT2D eigenvalue weighted by Gasteiger charge is 2.68. The zero-order valence-electron chi connectivity index (χ0n) is 30.5. The largest absolute Gasteiger partial charge is 0.481 e. The molecule has 12 heteroatoms. The van der Waals surface area contributed by atoms with E-state index in [1.54, 1.807) is 0 Å². The second-order valence-electron chi connectivity index (χ2n) is 17.1. The van der Waals surface area contributed by atoms with Crippen LogP contribution in [0.3, 0.4) is 0 Å². The minimum Gasteiger partial charge on any atom is -0.481 e. The first-order valence-corrected chi connectivity index (χ1v) is 19.2. The van der Waals surface area contributed by atoms with Crippen molar-refractivity contribution in [2.75, 3.05) is 13.3 Å². The topological polar surface area (TPSA) is 181 Å². The quantitative estimate of drug-likeness (QED) is 0.0710. The fourth-order valence-corrected chi connectivity index (χ4v) is 11.4. The van der Waals surface area contributed by atoms with Crippen LogP contribution >= 0.6 is 0 Å². The van der Waals surface area contributed by atoms with Crippen molar-refractivity contribution < 1.29 is 48.8 Å². The maximum atomic E-state index is 11.9. The molecular formula is C38H62N2O10. The molecule has 50 heavy (non-hydrogen) atoms. The molecule has 5 rings (SSSR count). The molecular weight excluding hydrogens is 644 g/mol. The molecule has 0 aromatic rings. The molecule has 0 spiro atoms. The summed E-state index contributed by atoms with van der Waals surface area (Å²) in [5.74, 6) is -0.0272. The molecule has 5 aliphatic rings. The molecule has 0 radical (unpaired) electrons. The van der Waals surface area contributed by atoms with E-state index >= 15 is 0 Å². The van der Waals surface area contributed by atoms with Crippen LogP contribution in [0.5, 0.6) is 0 Å². The Balaban J connectivity index is 1.11. The van der Waals surface area contributed by atoms with Gasteiger partial charge in [0, 0.05) is 25.2 Å². The number of aldehydes is 2. The molecule has 5 fully saturated rings. The highest BCUT2D eigenvalue weighted by atomic mass is 16.6. The Morgan fingerprint density at radius 2 is 1.60 bits per heavy atom. The maximum absolute atomic E-state index is 11.9. The molecule has 4 aliphatic carbocycles. The van der Waals surface area contributed by atoms with Crippen molar-refractivity contribution in [2.45, 2.75) is 148 Å². The molecule has 5 N–H and O–H groups in total. The Morgan fingerprint density at radius 1 is 0.920 bits per heavy atom. The zero-order chi connectivity index (χ0) is 36.3. The van der Waals surface area contributed by atoms with Crippen LogP contribution in [0.25, 0.3) is 0 Å². The van der Waals surface area contributed by atoms with Crippen LogP contribution in [0.4, 0.5) is 0 Å². The maximum Gasteiger partial charge on any atom is 0.303 e. The van der Waals surface area contributed by atoms with Crippen LogP contribution in [0, 0.1) is 52.3 Å². The first-order valence-electron chi connectivity index (χ1n) is 19.2. The predicted octanol–water partition coefficient (Wildman–Crippen LogP) is 4.71. The van der Waals surface area contributed by atoms with Crippen LogP contribution < -0.4 is 10.8 Å². The van der Waals surface area contributed by atoms with Gasteiger partial charge in [-0.05, 0) is 117 Å². The number of fused-ring (bicyclic) bond motifs is 7. The summed E-state index contributed by atoms with van der Waals surface area (Å²) < 4.78 is 12.9. The van der Waals surface area contributed by atoms with Gasteiger partial charge in [0.25, 0.3) is 0 Å². The average Bonchev–Trinajstić information content (AvgIpc) is 3.51. The Labute approximate surface area is 297 Å². The molecule has 0 aromatic carbocycles. The van der Waals surface area contributed by atoms with E-state index in [0.717, 1.165) is 38.4 Å². The van der Waals surface area contributed by atoms with E-state index < -0.39 is 29.8 Å². The molecule has 0 aromatic heterocycles. The lowest BCUT2D eigenvalue weighted by Crippen LogP contribution is -2.55. The van der Waals surface area contributed by atoms with E-state index in [0.29, 0.717) is 55.3 Å². The smallest absolute Gasteiger partial charge is 0.303 e. The van der Waals surface area contributed by atoms with Gasteiger partial charge in [0.2, 0.25) is 0 Å². The van der Waals surface area contributed by atoms with Crippen LogP contribution in [-0.4, -0.2) is 83.2 Å². The van der Waals surface area contributed by atoms with E-state index in [4.69, 9.17) is 24.5 Å². The van der Waals surface area contributed by atoms with Gasteiger partial charge in [0.05, 0.1) is 37.6 Å². The van der Waals surface area contributed by atoms with Gasteiger partial charge >= 0.3 is 11.9 Å². The number of hydrogen-bond acceptors (Lipinski definition) is 10. The summed E-state index contributed by atoms with van der Waals surface area (Å²) in [4.78, 5) is 49.8. The number of ether oxygens (including phenoxy) is 2. The number of carbonyl (C=O) groups is 4. The van der Waals surface area contributed by atoms with Crippen molar-refractivity contribution in [3.63, 3.8) is 0 Å². The second kappa shape index (κ2) is 16.4. The van der Waals surface area contributed by atoms with E-state index in [2.05, 4.69) is 31.6 Å². The summed E-state index contributed by atoms with van der Waals surface area (Å²) in [6, 6.07) is -1.17. The highest BCUT2D eigenvalue weighted by Crippen LogP contribution is 2.71. The van der Waals surface area contributed by atoms with Gasteiger partial charge in [-0.3, -0.25) is 14.9 Å².